The topological polar surface area (TPSA) is 88.5 Å². The molecule has 3 heterocycles. The van der Waals surface area contributed by atoms with Crippen LogP contribution in [0.15, 0.2) is 60.8 Å². The van der Waals surface area contributed by atoms with Crippen molar-refractivity contribution in [2.75, 3.05) is 0 Å². The minimum absolute atomic E-state index is 0.0586. The van der Waals surface area contributed by atoms with Crippen LogP contribution in [0.5, 0.6) is 0 Å². The van der Waals surface area contributed by atoms with Gasteiger partial charge in [0.2, 0.25) is 0 Å². The third-order valence-corrected chi connectivity index (χ3v) is 7.03. The Labute approximate surface area is 202 Å². The molecule has 2 N–H and O–H groups in total. The number of carbonyl (C=O) groups is 1. The van der Waals surface area contributed by atoms with Crippen LogP contribution in [0.4, 0.5) is 0 Å². The molecule has 1 aliphatic carbocycles. The van der Waals surface area contributed by atoms with E-state index >= 15 is 0 Å². The number of aliphatic hydroxyl groups is 2. The molecule has 0 amide bonds. The largest absolute Gasteiger partial charge is 0.456 e. The van der Waals surface area contributed by atoms with Crippen molar-refractivity contribution in [1.82, 2.24) is 0 Å². The second kappa shape index (κ2) is 12.1. The normalized spacial score (nSPS) is 36.6. The lowest BCUT2D eigenvalue weighted by Gasteiger charge is -2.25. The molecule has 4 aliphatic rings. The van der Waals surface area contributed by atoms with Gasteiger partial charge >= 0.3 is 5.97 Å². The molecule has 4 rings (SSSR count). The summed E-state index contributed by atoms with van der Waals surface area (Å²) in [6.07, 6.45) is 19.5. The lowest BCUT2D eigenvalue weighted by molar-refractivity contribution is -0.148. The highest BCUT2D eigenvalue weighted by Crippen LogP contribution is 2.34. The Kier molecular flexibility index (Phi) is 8.95. The quantitative estimate of drug-likeness (QED) is 0.367. The van der Waals surface area contributed by atoms with Crippen molar-refractivity contribution in [3.8, 4) is 0 Å². The molecule has 1 saturated heterocycles. The summed E-state index contributed by atoms with van der Waals surface area (Å²) in [6.45, 7) is 4.14. The van der Waals surface area contributed by atoms with Crippen LogP contribution in [0.3, 0.4) is 0 Å². The van der Waals surface area contributed by atoms with Gasteiger partial charge in [0.15, 0.2) is 0 Å². The summed E-state index contributed by atoms with van der Waals surface area (Å²) in [6, 6.07) is 0. The van der Waals surface area contributed by atoms with E-state index in [1.165, 1.54) is 6.08 Å². The first-order valence-corrected chi connectivity index (χ1v) is 12.7. The van der Waals surface area contributed by atoms with Crippen LogP contribution in [-0.4, -0.2) is 58.9 Å². The zero-order chi connectivity index (χ0) is 23.9. The molecule has 0 aromatic rings. The number of ether oxygens (including phenoxy) is 3. The van der Waals surface area contributed by atoms with Crippen LogP contribution in [0.2, 0.25) is 0 Å². The van der Waals surface area contributed by atoms with Crippen molar-refractivity contribution in [1.29, 1.82) is 0 Å². The Morgan fingerprint density at radius 2 is 1.91 bits per heavy atom. The molecule has 7 atom stereocenters. The second-order valence-corrected chi connectivity index (χ2v) is 9.94. The van der Waals surface area contributed by atoms with E-state index in [9.17, 15) is 15.0 Å². The predicted octanol–water partition coefficient (Wildman–Crippen LogP) is 4.09. The molecule has 6 heteroatoms. The van der Waals surface area contributed by atoms with E-state index < -0.39 is 24.3 Å². The standard InChI is InChI=1S/C28H38O6/c1-19-7-4-10-21-11-5-12-22(32-21)13-6-14-27(31)33-25(18-26-28(34-26)24(30)17-19)23(29)16-15-20-8-2-3-9-20/h2-3,5-6,12,14-16,20-26,28-30H,1,4,7-11,13,17-18H2/t21-,22+,23+,24+,25?,26+,28+/m1/s1. The Morgan fingerprint density at radius 1 is 1.09 bits per heavy atom. The summed E-state index contributed by atoms with van der Waals surface area (Å²) in [4.78, 5) is 12.5. The van der Waals surface area contributed by atoms with Gasteiger partial charge in [0.1, 0.15) is 18.3 Å². The van der Waals surface area contributed by atoms with E-state index in [1.807, 2.05) is 12.2 Å². The SMILES string of the molecule is C=C1CCC[C@@H]2CC=C[C@@H](CC=CC(=O)OC([C@@H](O)C=CC3CC=CC3)C[C@@H]3O[C@H]3[C@@H](O)C1)O2. The zero-order valence-corrected chi connectivity index (χ0v) is 19.8. The molecule has 1 unspecified atom stereocenters. The number of allylic oxidation sites excluding steroid dienone is 3. The molecule has 0 radical (unpaired) electrons. The Balaban J connectivity index is 1.42. The fourth-order valence-corrected chi connectivity index (χ4v) is 4.99. The third kappa shape index (κ3) is 7.51. The zero-order valence-electron chi connectivity index (χ0n) is 19.8. The van der Waals surface area contributed by atoms with E-state index in [1.54, 1.807) is 12.2 Å². The summed E-state index contributed by atoms with van der Waals surface area (Å²) in [7, 11) is 0. The fraction of sp³-hybridized carbons (Fsp3) is 0.607. The molecule has 0 aromatic heterocycles. The van der Waals surface area contributed by atoms with E-state index in [-0.39, 0.29) is 24.4 Å². The van der Waals surface area contributed by atoms with Crippen molar-refractivity contribution in [3.63, 3.8) is 0 Å². The molecule has 0 spiro atoms. The predicted molar refractivity (Wildman–Crippen MR) is 130 cm³/mol. The van der Waals surface area contributed by atoms with Gasteiger partial charge in [-0.2, -0.15) is 0 Å². The maximum atomic E-state index is 12.5. The van der Waals surface area contributed by atoms with Crippen molar-refractivity contribution in [2.24, 2.45) is 5.92 Å². The van der Waals surface area contributed by atoms with Crippen LogP contribution in [0.1, 0.15) is 57.8 Å². The first kappa shape index (κ1) is 25.1. The molecule has 2 bridgehead atoms. The van der Waals surface area contributed by atoms with Gasteiger partial charge in [-0.15, -0.1) is 0 Å². The lowest BCUT2D eigenvalue weighted by Crippen LogP contribution is -2.32. The van der Waals surface area contributed by atoms with Crippen molar-refractivity contribution in [2.45, 2.75) is 101 Å². The summed E-state index contributed by atoms with van der Waals surface area (Å²) < 4.78 is 17.5. The number of carbonyl (C=O) groups excluding carboxylic acids is 1. The van der Waals surface area contributed by atoms with Gasteiger partial charge in [-0.25, -0.2) is 4.79 Å². The Bertz CT molecular complexity index is 819. The maximum Gasteiger partial charge on any atom is 0.330 e. The van der Waals surface area contributed by atoms with Gasteiger partial charge in [0.25, 0.3) is 0 Å². The summed E-state index contributed by atoms with van der Waals surface area (Å²) in [5.74, 6) is -0.127. The van der Waals surface area contributed by atoms with Gasteiger partial charge in [-0.05, 0) is 57.3 Å². The first-order valence-electron chi connectivity index (χ1n) is 12.7. The monoisotopic (exact) mass is 470 g/mol. The van der Waals surface area contributed by atoms with Crippen LogP contribution in [0.25, 0.3) is 0 Å². The van der Waals surface area contributed by atoms with E-state index in [4.69, 9.17) is 14.2 Å². The van der Waals surface area contributed by atoms with E-state index in [0.717, 1.165) is 44.1 Å². The molecular weight excluding hydrogens is 432 g/mol. The van der Waals surface area contributed by atoms with Crippen molar-refractivity contribution in [3.05, 3.63) is 60.8 Å². The smallest absolute Gasteiger partial charge is 0.330 e. The first-order chi connectivity index (χ1) is 16.5. The number of cyclic esters (lactones) is 1. The van der Waals surface area contributed by atoms with Gasteiger partial charge in [-0.3, -0.25) is 0 Å². The van der Waals surface area contributed by atoms with Crippen LogP contribution >= 0.6 is 0 Å². The molecule has 0 aromatic carbocycles. The van der Waals surface area contributed by atoms with Crippen LogP contribution < -0.4 is 0 Å². The molecule has 6 nitrogen and oxygen atoms in total. The van der Waals surface area contributed by atoms with Crippen molar-refractivity contribution >= 4 is 5.97 Å². The van der Waals surface area contributed by atoms with Crippen LogP contribution in [-0.2, 0) is 19.0 Å². The molecule has 1 fully saturated rings. The number of aliphatic hydroxyl groups excluding tert-OH is 2. The highest BCUT2D eigenvalue weighted by molar-refractivity contribution is 5.82. The van der Waals surface area contributed by atoms with Gasteiger partial charge in [0, 0.05) is 12.5 Å². The maximum absolute atomic E-state index is 12.5. The Morgan fingerprint density at radius 3 is 2.74 bits per heavy atom. The molecule has 34 heavy (non-hydrogen) atoms. The number of rotatable bonds is 3. The number of epoxide rings is 1. The average Bonchev–Trinajstić information content (AvgIpc) is 3.38. The molecule has 0 saturated carbocycles. The minimum Gasteiger partial charge on any atom is -0.456 e. The number of hydrogen-bond donors (Lipinski definition) is 2. The molecule has 186 valence electrons. The average molecular weight is 471 g/mol. The van der Waals surface area contributed by atoms with Gasteiger partial charge < -0.3 is 24.4 Å². The highest BCUT2D eigenvalue weighted by atomic mass is 16.6. The van der Waals surface area contributed by atoms with E-state index in [0.29, 0.717) is 25.2 Å². The number of esters is 1. The van der Waals surface area contributed by atoms with E-state index in [2.05, 4.69) is 24.8 Å². The van der Waals surface area contributed by atoms with Gasteiger partial charge in [0.05, 0.1) is 24.4 Å². The van der Waals surface area contributed by atoms with Gasteiger partial charge in [-0.1, -0.05) is 54.7 Å². The van der Waals surface area contributed by atoms with Crippen molar-refractivity contribution < 1.29 is 29.2 Å². The molecule has 3 aliphatic heterocycles. The lowest BCUT2D eigenvalue weighted by atomic mass is 9.97. The number of hydrogen-bond acceptors (Lipinski definition) is 6. The highest BCUT2D eigenvalue weighted by Gasteiger charge is 2.46. The third-order valence-electron chi connectivity index (χ3n) is 7.03. The second-order valence-electron chi connectivity index (χ2n) is 9.94. The summed E-state index contributed by atoms with van der Waals surface area (Å²) >= 11 is 0. The fourth-order valence-electron chi connectivity index (χ4n) is 4.99. The summed E-state index contributed by atoms with van der Waals surface area (Å²) in [5.41, 5.74) is 1.00. The van der Waals surface area contributed by atoms with Crippen LogP contribution in [0, 0.1) is 5.92 Å². The Hall–Kier alpha value is -1.99. The molecular formula is C28H38O6. The minimum atomic E-state index is -0.939. The summed E-state index contributed by atoms with van der Waals surface area (Å²) in [5, 5.41) is 21.4. The number of fused-ring (bicyclic) bond motifs is 3.